The molecular weight excluding hydrogens is 491 g/mol. The van der Waals surface area contributed by atoms with Crippen LogP contribution in [0, 0.1) is 0 Å². The maximum atomic E-state index is 12.3. The summed E-state index contributed by atoms with van der Waals surface area (Å²) in [6.07, 6.45) is 7.01. The molecule has 154 valence electrons. The van der Waals surface area contributed by atoms with Gasteiger partial charge in [0.05, 0.1) is 17.0 Å². The number of rotatable bonds is 4. The number of pyridine rings is 1. The number of guanidine groups is 1. The van der Waals surface area contributed by atoms with E-state index in [0.29, 0.717) is 26.2 Å². The number of hydrogen-bond acceptors (Lipinski definition) is 5. The Morgan fingerprint density at radius 1 is 1.36 bits per heavy atom. The van der Waals surface area contributed by atoms with E-state index in [0.717, 1.165) is 17.3 Å². The molecule has 1 N–H and O–H groups in total. The summed E-state index contributed by atoms with van der Waals surface area (Å²) in [5, 5.41) is 3.28. The third kappa shape index (κ3) is 4.83. The minimum absolute atomic E-state index is 0. The second-order valence-corrected chi connectivity index (χ2v) is 9.87. The zero-order chi connectivity index (χ0) is 19.5. The summed E-state index contributed by atoms with van der Waals surface area (Å²) in [6.45, 7) is 7.56. The smallest absolute Gasteiger partial charge is 0.194 e. The lowest BCUT2D eigenvalue weighted by Crippen LogP contribution is -2.57. The first-order valence-corrected chi connectivity index (χ1v) is 10.7. The van der Waals surface area contributed by atoms with Gasteiger partial charge in [0.15, 0.2) is 15.8 Å². The molecule has 0 saturated carbocycles. The van der Waals surface area contributed by atoms with Crippen LogP contribution in [0.2, 0.25) is 0 Å². The van der Waals surface area contributed by atoms with Gasteiger partial charge in [0, 0.05) is 43.8 Å². The highest BCUT2D eigenvalue weighted by atomic mass is 127. The highest BCUT2D eigenvalue weighted by Crippen LogP contribution is 2.24. The number of imidazole rings is 1. The molecular formula is C18H27IN6O2S. The van der Waals surface area contributed by atoms with Crippen LogP contribution in [0.15, 0.2) is 42.0 Å². The Labute approximate surface area is 183 Å². The van der Waals surface area contributed by atoms with Crippen LogP contribution in [0.1, 0.15) is 26.3 Å². The van der Waals surface area contributed by atoms with E-state index in [-0.39, 0.29) is 29.7 Å². The third-order valence-electron chi connectivity index (χ3n) is 4.69. The number of aromatic nitrogens is 3. The van der Waals surface area contributed by atoms with Gasteiger partial charge in [-0.3, -0.25) is 4.57 Å². The molecule has 2 aromatic heterocycles. The van der Waals surface area contributed by atoms with Crippen LogP contribution in [0.5, 0.6) is 0 Å². The van der Waals surface area contributed by atoms with E-state index < -0.39 is 14.6 Å². The van der Waals surface area contributed by atoms with Crippen LogP contribution in [0.25, 0.3) is 5.82 Å². The average Bonchev–Trinajstić information content (AvgIpc) is 3.16. The first-order chi connectivity index (χ1) is 12.8. The maximum absolute atomic E-state index is 12.3. The standard InChI is InChI=1S/C18H26N6O2S.HI/c1-4-20-17(23-10-11-27(25,26)18(2,3)13-23)22-12-15-6-5-7-21-16(15)24-9-8-19-14-24;/h5-9,14H,4,10-13H2,1-3H3,(H,20,22);1H. The van der Waals surface area contributed by atoms with Gasteiger partial charge in [-0.25, -0.2) is 23.4 Å². The van der Waals surface area contributed by atoms with Crippen molar-refractivity contribution >= 4 is 39.8 Å². The summed E-state index contributed by atoms with van der Waals surface area (Å²) < 4.78 is 25.6. The molecule has 28 heavy (non-hydrogen) atoms. The first-order valence-electron chi connectivity index (χ1n) is 9.02. The Morgan fingerprint density at radius 3 is 2.79 bits per heavy atom. The molecule has 1 aliphatic rings. The van der Waals surface area contributed by atoms with Crippen LogP contribution in [-0.4, -0.2) is 63.9 Å². The molecule has 1 fully saturated rings. The Kier molecular flexibility index (Phi) is 7.43. The van der Waals surface area contributed by atoms with Crippen molar-refractivity contribution in [1.82, 2.24) is 24.8 Å². The SMILES string of the molecule is CCNC(=NCc1cccnc1-n1ccnc1)N1CCS(=O)(=O)C(C)(C)C1.I. The van der Waals surface area contributed by atoms with Crippen LogP contribution >= 0.6 is 24.0 Å². The number of sulfone groups is 1. The molecule has 1 saturated heterocycles. The van der Waals surface area contributed by atoms with Crippen molar-refractivity contribution in [2.24, 2.45) is 4.99 Å². The van der Waals surface area contributed by atoms with Gasteiger partial charge in [0.2, 0.25) is 0 Å². The molecule has 0 spiro atoms. The molecule has 0 amide bonds. The third-order valence-corrected chi connectivity index (χ3v) is 7.23. The lowest BCUT2D eigenvalue weighted by Gasteiger charge is -2.39. The Hall–Kier alpha value is -1.69. The number of nitrogens with zero attached hydrogens (tertiary/aromatic N) is 5. The summed E-state index contributed by atoms with van der Waals surface area (Å²) in [7, 11) is -3.09. The van der Waals surface area contributed by atoms with Gasteiger partial charge in [-0.15, -0.1) is 24.0 Å². The van der Waals surface area contributed by atoms with Crippen LogP contribution in [-0.2, 0) is 16.4 Å². The summed E-state index contributed by atoms with van der Waals surface area (Å²) in [6, 6.07) is 3.87. The predicted octanol–water partition coefficient (Wildman–Crippen LogP) is 1.86. The number of aliphatic imine (C=N–C) groups is 1. The van der Waals surface area contributed by atoms with Gasteiger partial charge in [0.1, 0.15) is 12.1 Å². The molecule has 0 atom stereocenters. The van der Waals surface area contributed by atoms with Crippen molar-refractivity contribution in [2.45, 2.75) is 32.1 Å². The van der Waals surface area contributed by atoms with E-state index in [4.69, 9.17) is 4.99 Å². The van der Waals surface area contributed by atoms with Crippen molar-refractivity contribution < 1.29 is 8.42 Å². The lowest BCUT2D eigenvalue weighted by molar-refractivity contribution is 0.353. The molecule has 0 aliphatic carbocycles. The van der Waals surface area contributed by atoms with Crippen molar-refractivity contribution in [2.75, 3.05) is 25.4 Å². The van der Waals surface area contributed by atoms with E-state index in [2.05, 4.69) is 15.3 Å². The zero-order valence-electron chi connectivity index (χ0n) is 16.4. The Balaban J connectivity index is 0.00000280. The Morgan fingerprint density at radius 2 is 2.14 bits per heavy atom. The molecule has 2 aromatic rings. The van der Waals surface area contributed by atoms with E-state index in [9.17, 15) is 8.42 Å². The maximum Gasteiger partial charge on any atom is 0.194 e. The fourth-order valence-electron chi connectivity index (χ4n) is 3.08. The van der Waals surface area contributed by atoms with E-state index in [1.807, 2.05) is 34.7 Å². The highest BCUT2D eigenvalue weighted by molar-refractivity contribution is 14.0. The quantitative estimate of drug-likeness (QED) is 0.378. The lowest BCUT2D eigenvalue weighted by atomic mass is 10.2. The van der Waals surface area contributed by atoms with Gasteiger partial charge in [-0.1, -0.05) is 6.07 Å². The second kappa shape index (κ2) is 9.21. The average molecular weight is 518 g/mol. The molecule has 0 bridgehead atoms. The highest BCUT2D eigenvalue weighted by Gasteiger charge is 2.40. The Bertz CT molecular complexity index is 912. The minimum atomic E-state index is -3.09. The number of halogens is 1. The second-order valence-electron chi connectivity index (χ2n) is 7.13. The molecule has 0 unspecified atom stereocenters. The van der Waals surface area contributed by atoms with Crippen molar-refractivity contribution in [1.29, 1.82) is 0 Å². The number of hydrogen-bond donors (Lipinski definition) is 1. The minimum Gasteiger partial charge on any atom is -0.357 e. The van der Waals surface area contributed by atoms with Gasteiger partial charge in [-0.2, -0.15) is 0 Å². The van der Waals surface area contributed by atoms with Crippen LogP contribution < -0.4 is 5.32 Å². The normalized spacial score (nSPS) is 18.4. The predicted molar refractivity (Wildman–Crippen MR) is 121 cm³/mol. The fraction of sp³-hybridized carbons (Fsp3) is 0.500. The summed E-state index contributed by atoms with van der Waals surface area (Å²) in [4.78, 5) is 15.3. The summed E-state index contributed by atoms with van der Waals surface area (Å²) in [5.41, 5.74) is 0.967. The monoisotopic (exact) mass is 518 g/mol. The summed E-state index contributed by atoms with van der Waals surface area (Å²) >= 11 is 0. The van der Waals surface area contributed by atoms with Crippen molar-refractivity contribution in [3.05, 3.63) is 42.6 Å². The first kappa shape index (κ1) is 22.6. The molecule has 3 rings (SSSR count). The van der Waals surface area contributed by atoms with E-state index in [1.165, 1.54) is 0 Å². The molecule has 0 radical (unpaired) electrons. The van der Waals surface area contributed by atoms with E-state index >= 15 is 0 Å². The molecule has 1 aliphatic heterocycles. The van der Waals surface area contributed by atoms with Gasteiger partial charge in [0.25, 0.3) is 0 Å². The van der Waals surface area contributed by atoms with Crippen LogP contribution in [0.4, 0.5) is 0 Å². The van der Waals surface area contributed by atoms with E-state index in [1.54, 1.807) is 32.6 Å². The fourth-order valence-corrected chi connectivity index (χ4v) is 4.45. The zero-order valence-corrected chi connectivity index (χ0v) is 19.5. The molecule has 3 heterocycles. The van der Waals surface area contributed by atoms with Crippen LogP contribution in [0.3, 0.4) is 0 Å². The van der Waals surface area contributed by atoms with Gasteiger partial charge >= 0.3 is 0 Å². The molecule has 10 heteroatoms. The molecule has 0 aromatic carbocycles. The van der Waals surface area contributed by atoms with Crippen molar-refractivity contribution in [3.63, 3.8) is 0 Å². The van der Waals surface area contributed by atoms with Gasteiger partial charge in [-0.05, 0) is 26.8 Å². The number of nitrogens with one attached hydrogen (secondary N) is 1. The topological polar surface area (TPSA) is 92.5 Å². The van der Waals surface area contributed by atoms with Crippen molar-refractivity contribution in [3.8, 4) is 5.82 Å². The van der Waals surface area contributed by atoms with Gasteiger partial charge < -0.3 is 10.2 Å². The molecule has 8 nitrogen and oxygen atoms in total. The summed E-state index contributed by atoms with van der Waals surface area (Å²) in [5.74, 6) is 1.65. The largest absolute Gasteiger partial charge is 0.357 e.